The lowest BCUT2D eigenvalue weighted by Gasteiger charge is -2.35. The molecule has 1 N–H and O–H groups in total. The number of aryl methyl sites for hydroxylation is 2. The van der Waals surface area contributed by atoms with E-state index in [9.17, 15) is 19.2 Å². The zero-order valence-electron chi connectivity index (χ0n) is 20.5. The molecular weight excluding hydrogens is 464 g/mol. The van der Waals surface area contributed by atoms with Crippen LogP contribution in [0.25, 0.3) is 0 Å². The maximum atomic E-state index is 13.4. The van der Waals surface area contributed by atoms with Crippen LogP contribution in [0, 0.1) is 6.92 Å². The van der Waals surface area contributed by atoms with E-state index in [4.69, 9.17) is 9.26 Å². The summed E-state index contributed by atoms with van der Waals surface area (Å²) in [7, 11) is 0. The summed E-state index contributed by atoms with van der Waals surface area (Å²) in [4.78, 5) is 53.4. The van der Waals surface area contributed by atoms with Gasteiger partial charge in [0.05, 0.1) is 11.7 Å². The van der Waals surface area contributed by atoms with Crippen LogP contribution >= 0.6 is 0 Å². The van der Waals surface area contributed by atoms with E-state index in [0.717, 1.165) is 24.8 Å². The van der Waals surface area contributed by atoms with Crippen LogP contribution in [0.1, 0.15) is 76.8 Å². The molecule has 0 aliphatic carbocycles. The topological polar surface area (TPSA) is 122 Å². The highest BCUT2D eigenvalue weighted by atomic mass is 16.5. The second-order valence-electron chi connectivity index (χ2n) is 9.59. The predicted molar refractivity (Wildman–Crippen MR) is 127 cm³/mol. The van der Waals surface area contributed by atoms with Gasteiger partial charge in [0.1, 0.15) is 29.7 Å². The van der Waals surface area contributed by atoms with Crippen molar-refractivity contribution in [2.45, 2.75) is 71.0 Å². The van der Waals surface area contributed by atoms with Crippen LogP contribution in [-0.2, 0) is 22.6 Å². The smallest absolute Gasteiger partial charge is 0.259 e. The molecule has 4 heterocycles. The van der Waals surface area contributed by atoms with E-state index in [1.54, 1.807) is 19.1 Å². The summed E-state index contributed by atoms with van der Waals surface area (Å²) in [5.41, 5.74) is 2.54. The van der Waals surface area contributed by atoms with Crippen molar-refractivity contribution >= 4 is 23.6 Å². The Bertz CT molecular complexity index is 1220. The summed E-state index contributed by atoms with van der Waals surface area (Å²) in [5, 5.41) is 6.35. The first-order valence-electron chi connectivity index (χ1n) is 12.5. The number of imide groups is 1. The number of fused-ring (bicyclic) bond motifs is 1. The van der Waals surface area contributed by atoms with Crippen molar-refractivity contribution < 1.29 is 28.4 Å². The maximum absolute atomic E-state index is 13.4. The van der Waals surface area contributed by atoms with Crippen molar-refractivity contribution in [3.8, 4) is 5.75 Å². The van der Waals surface area contributed by atoms with Gasteiger partial charge >= 0.3 is 0 Å². The quantitative estimate of drug-likeness (QED) is 0.612. The molecule has 0 spiro atoms. The molecule has 2 saturated heterocycles. The van der Waals surface area contributed by atoms with Gasteiger partial charge in [-0.25, -0.2) is 0 Å². The minimum atomic E-state index is -0.650. The number of rotatable bonds is 6. The molecule has 1 aromatic heterocycles. The van der Waals surface area contributed by atoms with E-state index in [2.05, 4.69) is 10.5 Å². The molecule has 5 rings (SSSR count). The van der Waals surface area contributed by atoms with E-state index in [1.165, 1.54) is 4.90 Å². The van der Waals surface area contributed by atoms with E-state index in [1.807, 2.05) is 17.9 Å². The zero-order valence-corrected chi connectivity index (χ0v) is 20.5. The third-order valence-corrected chi connectivity index (χ3v) is 7.31. The Morgan fingerprint density at radius 1 is 1.22 bits per heavy atom. The van der Waals surface area contributed by atoms with Crippen molar-refractivity contribution in [1.82, 2.24) is 20.3 Å². The molecule has 3 aliphatic heterocycles. The van der Waals surface area contributed by atoms with Gasteiger partial charge in [0.15, 0.2) is 0 Å². The van der Waals surface area contributed by atoms with Crippen LogP contribution in [0.15, 0.2) is 22.7 Å². The molecule has 4 amide bonds. The van der Waals surface area contributed by atoms with Crippen LogP contribution in [0.4, 0.5) is 0 Å². The van der Waals surface area contributed by atoms with Gasteiger partial charge in [-0.1, -0.05) is 12.1 Å². The largest absolute Gasteiger partial charge is 0.491 e. The molecule has 1 aromatic carbocycles. The maximum Gasteiger partial charge on any atom is 0.259 e. The Kier molecular flexibility index (Phi) is 6.51. The van der Waals surface area contributed by atoms with Crippen molar-refractivity contribution in [2.75, 3.05) is 13.2 Å². The number of benzene rings is 1. The summed E-state index contributed by atoms with van der Waals surface area (Å²) < 4.78 is 11.4. The lowest BCUT2D eigenvalue weighted by atomic mass is 10.0. The molecule has 3 aliphatic rings. The van der Waals surface area contributed by atoms with Gasteiger partial charge in [0, 0.05) is 25.1 Å². The SMILES string of the molecule is CCc1noc(C)c1C(=O)N1CCCC[C@H]1COc1ccc2c(c1)CN(C1CCC(=O)NC1=O)C2=O. The number of ether oxygens (including phenoxy) is 1. The number of nitrogens with zero attached hydrogens (tertiary/aromatic N) is 3. The summed E-state index contributed by atoms with van der Waals surface area (Å²) in [5.74, 6) is 0.118. The van der Waals surface area contributed by atoms with Crippen molar-refractivity contribution in [3.63, 3.8) is 0 Å². The molecule has 1 unspecified atom stereocenters. The number of aromatic nitrogens is 1. The lowest BCUT2D eigenvalue weighted by molar-refractivity contribution is -0.136. The molecule has 10 heteroatoms. The Hall–Kier alpha value is -3.69. The molecule has 10 nitrogen and oxygen atoms in total. The average Bonchev–Trinajstić information content (AvgIpc) is 3.41. The van der Waals surface area contributed by atoms with Gasteiger partial charge in [-0.2, -0.15) is 0 Å². The van der Waals surface area contributed by atoms with Gasteiger partial charge in [-0.05, 0) is 62.8 Å². The van der Waals surface area contributed by atoms with Gasteiger partial charge in [-0.15, -0.1) is 0 Å². The first-order valence-corrected chi connectivity index (χ1v) is 12.5. The minimum absolute atomic E-state index is 0.0710. The monoisotopic (exact) mass is 494 g/mol. The second kappa shape index (κ2) is 9.75. The molecule has 2 fully saturated rings. The number of carbonyl (C=O) groups is 4. The zero-order chi connectivity index (χ0) is 25.4. The average molecular weight is 495 g/mol. The fourth-order valence-electron chi connectivity index (χ4n) is 5.35. The van der Waals surface area contributed by atoms with Gasteiger partial charge in [0.2, 0.25) is 11.8 Å². The normalized spacial score (nSPS) is 22.0. The van der Waals surface area contributed by atoms with Crippen molar-refractivity contribution in [3.05, 3.63) is 46.3 Å². The van der Waals surface area contributed by atoms with E-state index < -0.39 is 11.9 Å². The number of hydrogen-bond donors (Lipinski definition) is 1. The number of hydrogen-bond acceptors (Lipinski definition) is 7. The van der Waals surface area contributed by atoms with E-state index in [0.29, 0.717) is 54.3 Å². The number of likely N-dealkylation sites (tertiary alicyclic amines) is 1. The third kappa shape index (κ3) is 4.36. The highest BCUT2D eigenvalue weighted by Crippen LogP contribution is 2.31. The number of carbonyl (C=O) groups excluding carboxylic acids is 4. The van der Waals surface area contributed by atoms with E-state index >= 15 is 0 Å². The first-order chi connectivity index (χ1) is 17.4. The highest BCUT2D eigenvalue weighted by molar-refractivity contribution is 6.05. The summed E-state index contributed by atoms with van der Waals surface area (Å²) in [6, 6.07) is 4.56. The minimum Gasteiger partial charge on any atom is -0.491 e. The van der Waals surface area contributed by atoms with Crippen LogP contribution in [0.5, 0.6) is 5.75 Å². The molecule has 0 radical (unpaired) electrons. The highest BCUT2D eigenvalue weighted by Gasteiger charge is 2.39. The Morgan fingerprint density at radius 2 is 2.06 bits per heavy atom. The van der Waals surface area contributed by atoms with Crippen LogP contribution < -0.4 is 10.1 Å². The van der Waals surface area contributed by atoms with Crippen LogP contribution in [-0.4, -0.2) is 63.8 Å². The van der Waals surface area contributed by atoms with Gasteiger partial charge in [0.25, 0.3) is 11.8 Å². The molecule has 0 bridgehead atoms. The van der Waals surface area contributed by atoms with Crippen molar-refractivity contribution in [1.29, 1.82) is 0 Å². The third-order valence-electron chi connectivity index (χ3n) is 7.31. The fourth-order valence-corrected chi connectivity index (χ4v) is 5.35. The molecule has 190 valence electrons. The molecule has 0 saturated carbocycles. The molecule has 2 aromatic rings. The number of amides is 4. The lowest BCUT2D eigenvalue weighted by Crippen LogP contribution is -2.52. The number of nitrogens with one attached hydrogen (secondary N) is 1. The predicted octanol–water partition coefficient (Wildman–Crippen LogP) is 2.38. The molecule has 36 heavy (non-hydrogen) atoms. The molecular formula is C26H30N4O6. The van der Waals surface area contributed by atoms with E-state index in [-0.39, 0.29) is 36.7 Å². The number of piperidine rings is 2. The summed E-state index contributed by atoms with van der Waals surface area (Å²) in [6.07, 6.45) is 3.95. The fraction of sp³-hybridized carbons (Fsp3) is 0.500. The standard InChI is InChI=1S/C26H30N4O6/c1-3-20-23(15(2)36-28-20)26(34)29-11-5-4-6-17(29)14-35-18-7-8-19-16(12-18)13-30(25(19)33)21-9-10-22(31)27-24(21)32/h7-8,12,17,21H,3-6,9-11,13-14H2,1-2H3,(H,27,31,32)/t17-,21?/m0/s1. The van der Waals surface area contributed by atoms with Crippen LogP contribution in [0.2, 0.25) is 0 Å². The van der Waals surface area contributed by atoms with Gasteiger partial charge < -0.3 is 19.1 Å². The molecule has 2 atom stereocenters. The summed E-state index contributed by atoms with van der Waals surface area (Å²) in [6.45, 7) is 4.99. The first kappa shape index (κ1) is 24.0. The van der Waals surface area contributed by atoms with Crippen LogP contribution in [0.3, 0.4) is 0 Å². The van der Waals surface area contributed by atoms with Gasteiger partial charge in [-0.3, -0.25) is 24.5 Å². The summed E-state index contributed by atoms with van der Waals surface area (Å²) >= 11 is 0. The Balaban J connectivity index is 1.27. The Morgan fingerprint density at radius 3 is 2.83 bits per heavy atom. The Labute approximate surface area is 208 Å². The second-order valence-corrected chi connectivity index (χ2v) is 9.59. The van der Waals surface area contributed by atoms with Crippen molar-refractivity contribution in [2.24, 2.45) is 0 Å².